The van der Waals surface area contributed by atoms with Crippen molar-refractivity contribution < 1.29 is 65.0 Å². The van der Waals surface area contributed by atoms with Crippen molar-refractivity contribution in [1.82, 2.24) is 60.2 Å². The number of aromatic nitrogens is 8. The maximum atomic E-state index is 13.1. The van der Waals surface area contributed by atoms with E-state index in [0.29, 0.717) is 127 Å². The van der Waals surface area contributed by atoms with Gasteiger partial charge in [-0.2, -0.15) is 19.9 Å². The molecule has 0 bridgehead atoms. The SMILES string of the molecule is C[C@H](c1ccccc1)c1nc([C@H]2CCCN(C(=O)c3ccc(F)cc3)C2)no1.O=C(c1ccc(F)cc1)N1CCC[C@H](c2noc(Cc3ccccc3)n2)C1.O=C(c1ccc(F)cc1)N1CCC[C@H](c2noc([C@@H](O)c3ccccc3)n2)C1.O=C(c1ccc(F)cc1)N1CCC[C@H](c2noc([C@H](O)c3ccccc3)n2)C1. The molecule has 0 aliphatic carbocycles. The maximum Gasteiger partial charge on any atom is 0.260 e. The van der Waals surface area contributed by atoms with Gasteiger partial charge in [0.2, 0.25) is 11.8 Å². The molecule has 8 aromatic carbocycles. The molecule has 12 aromatic rings. The molecule has 0 spiro atoms. The van der Waals surface area contributed by atoms with Gasteiger partial charge in [-0.05, 0) is 178 Å². The highest BCUT2D eigenvalue weighted by Crippen LogP contribution is 2.34. The van der Waals surface area contributed by atoms with Crippen molar-refractivity contribution in [3.8, 4) is 0 Å². The summed E-state index contributed by atoms with van der Waals surface area (Å²) in [5.74, 6) is 1.79. The van der Waals surface area contributed by atoms with Gasteiger partial charge in [-0.1, -0.05) is 142 Å². The van der Waals surface area contributed by atoms with Gasteiger partial charge in [-0.3, -0.25) is 19.2 Å². The third kappa shape index (κ3) is 20.0. The predicted octanol–water partition coefficient (Wildman–Crippen LogP) is 14.8. The van der Waals surface area contributed by atoms with Crippen LogP contribution in [0.1, 0.15) is 211 Å². The van der Waals surface area contributed by atoms with Crippen LogP contribution in [0, 0.1) is 23.3 Å². The Morgan fingerprint density at radius 3 is 0.955 bits per heavy atom. The molecule has 2 N–H and O–H groups in total. The highest BCUT2D eigenvalue weighted by atomic mass is 19.1. The smallest absolute Gasteiger partial charge is 0.260 e. The minimum absolute atomic E-state index is 0.0167. The zero-order chi connectivity index (χ0) is 77.2. The third-order valence-corrected chi connectivity index (χ3v) is 20.1. The van der Waals surface area contributed by atoms with Crippen LogP contribution in [0.5, 0.6) is 0 Å². The van der Waals surface area contributed by atoms with Gasteiger partial charge in [0.15, 0.2) is 35.5 Å². The number of hydrogen-bond acceptors (Lipinski definition) is 18. The maximum absolute atomic E-state index is 13.1. The van der Waals surface area contributed by atoms with E-state index in [9.17, 15) is 47.0 Å². The molecule has 4 saturated heterocycles. The average Bonchev–Trinajstić information content (AvgIpc) is 1.43. The topological polar surface area (TPSA) is 277 Å². The molecular formula is C85H82F4N12O10. The van der Waals surface area contributed by atoms with Crippen LogP contribution in [0.25, 0.3) is 0 Å². The van der Waals surface area contributed by atoms with Crippen molar-refractivity contribution >= 4 is 23.6 Å². The van der Waals surface area contributed by atoms with E-state index in [1.807, 2.05) is 104 Å². The van der Waals surface area contributed by atoms with Crippen molar-refractivity contribution in [1.29, 1.82) is 0 Å². The Kier molecular flexibility index (Phi) is 25.6. The molecule has 4 fully saturated rings. The third-order valence-electron chi connectivity index (χ3n) is 20.1. The first-order chi connectivity index (χ1) is 54.0. The van der Waals surface area contributed by atoms with E-state index in [-0.39, 0.29) is 88.3 Å². The number of halogens is 4. The van der Waals surface area contributed by atoms with E-state index >= 15 is 0 Å². The Morgan fingerprint density at radius 2 is 0.631 bits per heavy atom. The van der Waals surface area contributed by atoms with E-state index in [1.165, 1.54) is 97.1 Å². The fourth-order valence-electron chi connectivity index (χ4n) is 13.9. The molecular weight excluding hydrogens is 1430 g/mol. The van der Waals surface area contributed by atoms with Crippen LogP contribution in [-0.4, -0.2) is 146 Å². The fraction of sp³-hybridized carbons (Fsp3) is 0.294. The van der Waals surface area contributed by atoms with Crippen LogP contribution in [0.4, 0.5) is 17.6 Å². The first-order valence-corrected chi connectivity index (χ1v) is 37.1. The van der Waals surface area contributed by atoms with Gasteiger partial charge in [0, 0.05) is 98.3 Å². The predicted molar refractivity (Wildman–Crippen MR) is 399 cm³/mol. The summed E-state index contributed by atoms with van der Waals surface area (Å²) in [6.07, 6.45) is 5.47. The number of benzene rings is 8. The lowest BCUT2D eigenvalue weighted by Crippen LogP contribution is -2.39. The fourth-order valence-corrected chi connectivity index (χ4v) is 13.9. The number of carbonyl (C=O) groups excluding carboxylic acids is 4. The molecule has 111 heavy (non-hydrogen) atoms. The zero-order valence-corrected chi connectivity index (χ0v) is 60.9. The Labute approximate surface area is 637 Å². The molecule has 4 aliphatic rings. The van der Waals surface area contributed by atoms with Crippen molar-refractivity contribution in [2.75, 3.05) is 52.4 Å². The molecule has 4 amide bonds. The number of aliphatic hydroxyl groups excluding tert-OH is 2. The minimum Gasteiger partial charge on any atom is -0.378 e. The van der Waals surface area contributed by atoms with Gasteiger partial charge in [0.05, 0.1) is 12.3 Å². The van der Waals surface area contributed by atoms with Gasteiger partial charge in [0.25, 0.3) is 35.4 Å². The van der Waals surface area contributed by atoms with E-state index in [4.69, 9.17) is 18.1 Å². The summed E-state index contributed by atoms with van der Waals surface area (Å²) in [7, 11) is 0. The second kappa shape index (κ2) is 36.8. The Balaban J connectivity index is 0.000000130. The molecule has 8 heterocycles. The standard InChI is InChI=1S/C22H22FN3O2.2C21H20FN3O3.C21H20FN3O2/c1-15(16-6-3-2-4-7-16)21-24-20(25-28-21)18-8-5-13-26(14-18)22(27)17-9-11-19(23)12-10-17;2*22-17-10-8-15(9-11-17)21(27)25-12-4-7-16(13-25)19-23-20(28-24-19)18(26)14-5-2-1-3-6-14;22-18-10-8-16(9-11-18)21(26)25-12-4-7-17(14-25)20-23-19(27-24-20)13-15-5-2-1-3-6-15/h2-4,6-7,9-12,15,18H,5,8,13-14H2,1H3;2*1-3,5-6,8-11,16,18,26H,4,7,12-13H2;1-3,5-6,8-11,17H,4,7,12-14H2/t15-,18+;16-,18+;16-,18-;17-/m1000/s1. The number of hydrogen-bond donors (Lipinski definition) is 2. The van der Waals surface area contributed by atoms with Gasteiger partial charge >= 0.3 is 0 Å². The number of nitrogens with zero attached hydrogens (tertiary/aromatic N) is 12. The number of amides is 4. The monoisotopic (exact) mass is 1510 g/mol. The summed E-state index contributed by atoms with van der Waals surface area (Å²) in [5, 5.41) is 37.2. The van der Waals surface area contributed by atoms with E-state index in [0.717, 1.165) is 62.5 Å². The second-order valence-electron chi connectivity index (χ2n) is 27.8. The largest absolute Gasteiger partial charge is 0.378 e. The Bertz CT molecular complexity index is 4610. The molecule has 26 heteroatoms. The van der Waals surface area contributed by atoms with Crippen LogP contribution in [0.15, 0.2) is 236 Å². The van der Waals surface area contributed by atoms with Crippen LogP contribution >= 0.6 is 0 Å². The lowest BCUT2D eigenvalue weighted by atomic mass is 9.96. The quantitative estimate of drug-likeness (QED) is 0.0850. The van der Waals surface area contributed by atoms with Crippen LogP contribution in [-0.2, 0) is 6.42 Å². The normalized spacial score (nSPS) is 17.8. The number of rotatable bonds is 16. The van der Waals surface area contributed by atoms with Crippen LogP contribution < -0.4 is 0 Å². The first kappa shape index (κ1) is 77.0. The van der Waals surface area contributed by atoms with Crippen molar-refractivity contribution in [3.05, 3.63) is 333 Å². The van der Waals surface area contributed by atoms with E-state index in [1.54, 1.807) is 43.9 Å². The number of aliphatic hydroxyl groups is 2. The molecule has 4 aliphatic heterocycles. The molecule has 0 unspecified atom stereocenters. The van der Waals surface area contributed by atoms with Gasteiger partial charge in [-0.15, -0.1) is 0 Å². The lowest BCUT2D eigenvalue weighted by molar-refractivity contribution is 0.0696. The van der Waals surface area contributed by atoms with Crippen molar-refractivity contribution in [2.24, 2.45) is 0 Å². The molecule has 16 rings (SSSR count). The number of piperidine rings is 4. The summed E-state index contributed by atoms with van der Waals surface area (Å²) >= 11 is 0. The van der Waals surface area contributed by atoms with Gasteiger partial charge in [0.1, 0.15) is 23.3 Å². The molecule has 570 valence electrons. The van der Waals surface area contributed by atoms with E-state index in [2.05, 4.69) is 40.6 Å². The average molecular weight is 1510 g/mol. The first-order valence-electron chi connectivity index (χ1n) is 37.1. The van der Waals surface area contributed by atoms with Gasteiger partial charge in [-0.25, -0.2) is 17.6 Å². The van der Waals surface area contributed by atoms with E-state index < -0.39 is 12.2 Å². The summed E-state index contributed by atoms with van der Waals surface area (Å²) < 4.78 is 73.9. The number of carbonyl (C=O) groups is 4. The molecule has 22 nitrogen and oxygen atoms in total. The summed E-state index contributed by atoms with van der Waals surface area (Å²) in [4.78, 5) is 75.7. The molecule has 7 atom stereocenters. The van der Waals surface area contributed by atoms with Crippen LogP contribution in [0.2, 0.25) is 0 Å². The highest BCUT2D eigenvalue weighted by molar-refractivity contribution is 5.96. The minimum atomic E-state index is -0.983. The second-order valence-corrected chi connectivity index (χ2v) is 27.8. The molecule has 4 aromatic heterocycles. The summed E-state index contributed by atoms with van der Waals surface area (Å²) in [5.41, 5.74) is 5.48. The van der Waals surface area contributed by atoms with Gasteiger partial charge < -0.3 is 47.9 Å². The zero-order valence-electron chi connectivity index (χ0n) is 60.9. The lowest BCUT2D eigenvalue weighted by Gasteiger charge is -2.31. The molecule has 0 saturated carbocycles. The Morgan fingerprint density at radius 1 is 0.360 bits per heavy atom. The molecule has 0 radical (unpaired) electrons. The highest BCUT2D eigenvalue weighted by Gasteiger charge is 2.35. The van der Waals surface area contributed by atoms with Crippen molar-refractivity contribution in [2.45, 2.75) is 107 Å². The Hall–Kier alpha value is -12.2. The van der Waals surface area contributed by atoms with Crippen LogP contribution in [0.3, 0.4) is 0 Å². The van der Waals surface area contributed by atoms with Crippen molar-refractivity contribution in [3.63, 3.8) is 0 Å². The number of likely N-dealkylation sites (tertiary alicyclic amines) is 4. The summed E-state index contributed by atoms with van der Waals surface area (Å²) in [6, 6.07) is 60.6. The summed E-state index contributed by atoms with van der Waals surface area (Å²) in [6.45, 7) is 6.65.